The van der Waals surface area contributed by atoms with Crippen molar-refractivity contribution >= 4 is 17.9 Å². The second kappa shape index (κ2) is 10.3. The summed E-state index contributed by atoms with van der Waals surface area (Å²) in [6.07, 6.45) is -4.85. The van der Waals surface area contributed by atoms with Gasteiger partial charge in [0, 0.05) is 11.1 Å². The Balaban J connectivity index is 2.22. The first-order valence-electron chi connectivity index (χ1n) is 10.3. The molecule has 15 nitrogen and oxygen atoms in total. The van der Waals surface area contributed by atoms with Gasteiger partial charge in [0.25, 0.3) is 0 Å². The van der Waals surface area contributed by atoms with Crippen LogP contribution in [-0.4, -0.2) is 68.0 Å². The SMILES string of the molecule is CC(C)[C@@H](NC(=O)OC(C)(C)C)C(=O)OC[C@@]1(N=[N+]=[N-])O[C@@H](n2ccc(N)nc2=O)[C@@H](O)[C@@H]1O. The average Bonchev–Trinajstić information content (AvgIpc) is 2.94. The quantitative estimate of drug-likeness (QED) is 0.178. The van der Waals surface area contributed by atoms with Crippen molar-refractivity contribution in [1.29, 1.82) is 0 Å². The summed E-state index contributed by atoms with van der Waals surface area (Å²) in [6.45, 7) is 7.42. The van der Waals surface area contributed by atoms with Gasteiger partial charge >= 0.3 is 17.8 Å². The lowest BCUT2D eigenvalue weighted by Gasteiger charge is -2.28. The van der Waals surface area contributed by atoms with E-state index < -0.39 is 66.1 Å². The Hall–Kier alpha value is -3.39. The fourth-order valence-electron chi connectivity index (χ4n) is 3.12. The lowest BCUT2D eigenvalue weighted by atomic mass is 10.0. The van der Waals surface area contributed by atoms with E-state index in [0.29, 0.717) is 0 Å². The number of anilines is 1. The van der Waals surface area contributed by atoms with Gasteiger partial charge in [-0.15, -0.1) is 0 Å². The number of rotatable bonds is 7. The van der Waals surface area contributed by atoms with Crippen molar-refractivity contribution in [3.05, 3.63) is 33.2 Å². The molecule has 34 heavy (non-hydrogen) atoms. The molecule has 15 heteroatoms. The van der Waals surface area contributed by atoms with E-state index in [1.165, 1.54) is 12.3 Å². The highest BCUT2D eigenvalue weighted by Crippen LogP contribution is 2.38. The summed E-state index contributed by atoms with van der Waals surface area (Å²) >= 11 is 0. The molecule has 0 bridgehead atoms. The molecule has 0 aliphatic carbocycles. The van der Waals surface area contributed by atoms with Gasteiger partial charge in [-0.1, -0.05) is 19.0 Å². The number of aliphatic hydroxyl groups excluding tert-OH is 2. The molecular weight excluding hydrogens is 454 g/mol. The van der Waals surface area contributed by atoms with E-state index in [1.54, 1.807) is 34.6 Å². The number of ether oxygens (including phenoxy) is 3. The van der Waals surface area contributed by atoms with Gasteiger partial charge in [-0.3, -0.25) is 4.57 Å². The van der Waals surface area contributed by atoms with Crippen LogP contribution in [0.1, 0.15) is 40.8 Å². The van der Waals surface area contributed by atoms with Gasteiger partial charge in [-0.25, -0.2) is 14.4 Å². The summed E-state index contributed by atoms with van der Waals surface area (Å²) in [4.78, 5) is 43.1. The lowest BCUT2D eigenvalue weighted by Crippen LogP contribution is -2.50. The van der Waals surface area contributed by atoms with E-state index in [2.05, 4.69) is 20.3 Å². The van der Waals surface area contributed by atoms with Crippen molar-refractivity contribution < 1.29 is 34.0 Å². The molecule has 1 aliphatic rings. The van der Waals surface area contributed by atoms with Crippen molar-refractivity contribution in [2.45, 2.75) is 70.4 Å². The molecule has 0 unspecified atom stereocenters. The van der Waals surface area contributed by atoms with Crippen molar-refractivity contribution in [3.63, 3.8) is 0 Å². The number of carbonyl (C=O) groups excluding carboxylic acids is 2. The number of nitrogens with two attached hydrogens (primary N) is 1. The molecule has 1 aromatic heterocycles. The Morgan fingerprint density at radius 1 is 1.44 bits per heavy atom. The first kappa shape index (κ1) is 26.9. The third-order valence-corrected chi connectivity index (χ3v) is 4.76. The maximum atomic E-state index is 12.7. The van der Waals surface area contributed by atoms with Crippen LogP contribution in [0.25, 0.3) is 10.4 Å². The molecule has 0 spiro atoms. The molecule has 5 atom stereocenters. The smallest absolute Gasteiger partial charge is 0.408 e. The van der Waals surface area contributed by atoms with Crippen LogP contribution in [0.4, 0.5) is 10.6 Å². The number of amides is 1. The molecule has 0 radical (unpaired) electrons. The summed E-state index contributed by atoms with van der Waals surface area (Å²) in [5.41, 5.74) is 10.5. The van der Waals surface area contributed by atoms with Gasteiger partial charge < -0.3 is 35.5 Å². The molecule has 2 heterocycles. The zero-order valence-electron chi connectivity index (χ0n) is 19.4. The highest BCUT2D eigenvalue weighted by Gasteiger charge is 2.56. The highest BCUT2D eigenvalue weighted by atomic mass is 16.6. The Morgan fingerprint density at radius 3 is 2.62 bits per heavy atom. The number of alkyl carbamates (subject to hydrolysis) is 1. The zero-order chi connectivity index (χ0) is 25.8. The minimum atomic E-state index is -2.28. The maximum Gasteiger partial charge on any atom is 0.408 e. The van der Waals surface area contributed by atoms with E-state index in [4.69, 9.17) is 25.5 Å². The standard InChI is InChI=1S/C19H29N7O8/c1-9(2)11(23-17(31)34-18(3,4)5)15(29)32-8-19(24-25-21)13(28)12(27)14(33-19)26-7-6-10(20)22-16(26)30/h6-7,9,11-14,27-28H,8H2,1-5H3,(H,23,31)(H2,20,22,30)/t11-,12+,13+,14-,19-/m1/s1. The van der Waals surface area contributed by atoms with Crippen molar-refractivity contribution in [2.24, 2.45) is 11.0 Å². The van der Waals surface area contributed by atoms with Crippen molar-refractivity contribution in [1.82, 2.24) is 14.9 Å². The molecule has 2 rings (SSSR count). The van der Waals surface area contributed by atoms with Gasteiger partial charge in [0.05, 0.1) is 0 Å². The number of esters is 1. The molecule has 1 amide bonds. The number of nitrogen functional groups attached to an aromatic ring is 1. The van der Waals surface area contributed by atoms with Gasteiger partial charge in [0.2, 0.25) is 5.72 Å². The first-order chi connectivity index (χ1) is 15.7. The van der Waals surface area contributed by atoms with Crippen LogP contribution in [0, 0.1) is 5.92 Å². The monoisotopic (exact) mass is 483 g/mol. The molecular formula is C19H29N7O8. The normalized spacial score (nSPS) is 25.4. The van der Waals surface area contributed by atoms with E-state index in [-0.39, 0.29) is 5.82 Å². The van der Waals surface area contributed by atoms with Crippen LogP contribution in [0.15, 0.2) is 22.2 Å². The van der Waals surface area contributed by atoms with Gasteiger partial charge in [0.1, 0.15) is 36.3 Å². The molecule has 0 aromatic carbocycles. The third kappa shape index (κ3) is 6.14. The molecule has 1 aromatic rings. The number of hydrogen-bond acceptors (Lipinski definition) is 11. The second-order valence-electron chi connectivity index (χ2n) is 9.00. The van der Waals surface area contributed by atoms with E-state index in [9.17, 15) is 24.6 Å². The Morgan fingerprint density at radius 2 is 2.09 bits per heavy atom. The van der Waals surface area contributed by atoms with Crippen molar-refractivity contribution in [3.8, 4) is 0 Å². The van der Waals surface area contributed by atoms with E-state index in [0.717, 1.165) is 4.57 Å². The first-order valence-corrected chi connectivity index (χ1v) is 10.3. The molecule has 0 saturated carbocycles. The topological polar surface area (TPSA) is 224 Å². The average molecular weight is 483 g/mol. The maximum absolute atomic E-state index is 12.7. The van der Waals surface area contributed by atoms with Crippen molar-refractivity contribution in [2.75, 3.05) is 12.3 Å². The van der Waals surface area contributed by atoms with Gasteiger partial charge in [0.15, 0.2) is 6.23 Å². The number of azide groups is 1. The minimum Gasteiger partial charge on any atom is -0.461 e. The van der Waals surface area contributed by atoms with Crippen LogP contribution < -0.4 is 16.7 Å². The Kier molecular flexibility index (Phi) is 8.10. The van der Waals surface area contributed by atoms with E-state index in [1.807, 2.05) is 0 Å². The van der Waals surface area contributed by atoms with Crippen LogP contribution in [0.2, 0.25) is 0 Å². The predicted octanol–water partition coefficient (Wildman–Crippen LogP) is 0.175. The number of aromatic nitrogens is 2. The number of hydrogen-bond donors (Lipinski definition) is 4. The molecule has 1 saturated heterocycles. The van der Waals surface area contributed by atoms with E-state index >= 15 is 0 Å². The predicted molar refractivity (Wildman–Crippen MR) is 116 cm³/mol. The molecule has 1 fully saturated rings. The number of carbonyl (C=O) groups is 2. The van der Waals surface area contributed by atoms with Gasteiger partial charge in [-0.05, 0) is 38.3 Å². The fourth-order valence-corrected chi connectivity index (χ4v) is 3.12. The molecule has 188 valence electrons. The van der Waals surface area contributed by atoms with Crippen LogP contribution in [0.5, 0.6) is 0 Å². The summed E-state index contributed by atoms with van der Waals surface area (Å²) < 4.78 is 16.7. The number of nitrogens with zero attached hydrogens (tertiary/aromatic N) is 5. The highest BCUT2D eigenvalue weighted by molar-refractivity contribution is 5.81. The second-order valence-corrected chi connectivity index (χ2v) is 9.00. The molecule has 5 N–H and O–H groups in total. The summed E-state index contributed by atoms with van der Waals surface area (Å²) in [5, 5.41) is 26.8. The Bertz CT molecular complexity index is 1020. The van der Waals surface area contributed by atoms with Crippen LogP contribution in [-0.2, 0) is 19.0 Å². The number of aliphatic hydroxyl groups is 2. The largest absolute Gasteiger partial charge is 0.461 e. The fraction of sp³-hybridized carbons (Fsp3) is 0.684. The summed E-state index contributed by atoms with van der Waals surface area (Å²) in [7, 11) is 0. The third-order valence-electron chi connectivity index (χ3n) is 4.76. The summed E-state index contributed by atoms with van der Waals surface area (Å²) in [5.74, 6) is -1.45. The number of nitrogens with one attached hydrogen (secondary N) is 1. The van der Waals surface area contributed by atoms with Crippen LogP contribution in [0.3, 0.4) is 0 Å². The summed E-state index contributed by atoms with van der Waals surface area (Å²) in [6, 6.07) is 0.105. The Labute approximate surface area is 194 Å². The molecule has 1 aliphatic heterocycles. The van der Waals surface area contributed by atoms with Gasteiger partial charge in [-0.2, -0.15) is 4.98 Å². The lowest BCUT2D eigenvalue weighted by molar-refractivity contribution is -0.168. The van der Waals surface area contributed by atoms with Crippen LogP contribution >= 0.6 is 0 Å². The minimum absolute atomic E-state index is 0.0817. The zero-order valence-corrected chi connectivity index (χ0v) is 19.4.